The Kier molecular flexibility index (Phi) is 4.32. The molecule has 1 amide bonds. The Hall–Kier alpha value is -2.43. The number of rotatable bonds is 5. The molecular formula is C17H19NO4. The minimum Gasteiger partial charge on any atom is -0.486 e. The van der Waals surface area contributed by atoms with E-state index in [1.165, 1.54) is 11.8 Å². The van der Waals surface area contributed by atoms with Gasteiger partial charge in [-0.3, -0.25) is 4.79 Å². The van der Waals surface area contributed by atoms with Gasteiger partial charge in [-0.1, -0.05) is 13.0 Å². The first-order chi connectivity index (χ1) is 10.7. The summed E-state index contributed by atoms with van der Waals surface area (Å²) in [5.41, 5.74) is 1.18. The van der Waals surface area contributed by atoms with Crippen LogP contribution in [0.25, 0.3) is 0 Å². The van der Waals surface area contributed by atoms with Gasteiger partial charge in [-0.25, -0.2) is 0 Å². The second-order valence-corrected chi connectivity index (χ2v) is 5.33. The van der Waals surface area contributed by atoms with Crippen LogP contribution in [0.1, 0.15) is 35.4 Å². The molecule has 2 heterocycles. The van der Waals surface area contributed by atoms with E-state index in [-0.39, 0.29) is 5.91 Å². The minimum atomic E-state index is -0.181. The fourth-order valence-corrected chi connectivity index (χ4v) is 2.43. The van der Waals surface area contributed by atoms with Crippen LogP contribution in [-0.2, 0) is 0 Å². The fraction of sp³-hybridized carbons (Fsp3) is 0.353. The van der Waals surface area contributed by atoms with Crippen molar-refractivity contribution in [1.29, 1.82) is 0 Å². The van der Waals surface area contributed by atoms with Crippen LogP contribution in [0.5, 0.6) is 11.5 Å². The van der Waals surface area contributed by atoms with E-state index in [2.05, 4.69) is 12.2 Å². The molecule has 0 fully saturated rings. The molecule has 22 heavy (non-hydrogen) atoms. The maximum Gasteiger partial charge on any atom is 0.286 e. The third kappa shape index (κ3) is 3.24. The molecule has 1 aromatic carbocycles. The van der Waals surface area contributed by atoms with Crippen LogP contribution in [0, 0.1) is 0 Å². The van der Waals surface area contributed by atoms with E-state index in [0.29, 0.717) is 31.4 Å². The number of carbonyl (C=O) groups is 1. The van der Waals surface area contributed by atoms with Gasteiger partial charge in [0.25, 0.3) is 5.91 Å². The number of fused-ring (bicyclic) bond motifs is 1. The van der Waals surface area contributed by atoms with Gasteiger partial charge in [0.2, 0.25) is 0 Å². The van der Waals surface area contributed by atoms with Crippen molar-refractivity contribution in [1.82, 2.24) is 5.32 Å². The number of ether oxygens (including phenoxy) is 2. The summed E-state index contributed by atoms with van der Waals surface area (Å²) in [6, 6.07) is 9.37. The molecule has 0 bridgehead atoms. The summed E-state index contributed by atoms with van der Waals surface area (Å²) in [5, 5.41) is 2.86. The summed E-state index contributed by atoms with van der Waals surface area (Å²) >= 11 is 0. The Bertz CT molecular complexity index is 636. The van der Waals surface area contributed by atoms with Crippen LogP contribution in [0.4, 0.5) is 0 Å². The van der Waals surface area contributed by atoms with Crippen molar-refractivity contribution in [3.8, 4) is 11.5 Å². The fourth-order valence-electron chi connectivity index (χ4n) is 2.43. The highest BCUT2D eigenvalue weighted by atomic mass is 16.6. The van der Waals surface area contributed by atoms with Gasteiger partial charge in [-0.2, -0.15) is 0 Å². The summed E-state index contributed by atoms with van der Waals surface area (Å²) in [5.74, 6) is 2.07. The van der Waals surface area contributed by atoms with Crippen molar-refractivity contribution in [2.45, 2.75) is 19.3 Å². The highest BCUT2D eigenvalue weighted by molar-refractivity contribution is 5.91. The van der Waals surface area contributed by atoms with E-state index in [0.717, 1.165) is 17.9 Å². The Morgan fingerprint density at radius 2 is 2.05 bits per heavy atom. The molecule has 1 N–H and O–H groups in total. The molecule has 1 aliphatic rings. The van der Waals surface area contributed by atoms with Gasteiger partial charge in [0.05, 0.1) is 6.26 Å². The molecule has 1 aromatic heterocycles. The predicted molar refractivity (Wildman–Crippen MR) is 81.5 cm³/mol. The highest BCUT2D eigenvalue weighted by Gasteiger charge is 2.15. The first-order valence-corrected chi connectivity index (χ1v) is 7.45. The molecule has 5 nitrogen and oxygen atoms in total. The lowest BCUT2D eigenvalue weighted by molar-refractivity contribution is 0.0925. The smallest absolute Gasteiger partial charge is 0.286 e. The SMILES string of the molecule is CC(CCNC(=O)c1ccco1)c1ccc2c(c1)OCCO2. The Morgan fingerprint density at radius 3 is 2.82 bits per heavy atom. The third-order valence-corrected chi connectivity index (χ3v) is 3.74. The lowest BCUT2D eigenvalue weighted by atomic mass is 9.97. The molecule has 0 spiro atoms. The quantitative estimate of drug-likeness (QED) is 0.922. The molecule has 0 saturated carbocycles. The molecule has 5 heteroatoms. The zero-order chi connectivity index (χ0) is 15.4. The molecule has 1 unspecified atom stereocenters. The van der Waals surface area contributed by atoms with E-state index in [4.69, 9.17) is 13.9 Å². The molecule has 2 aromatic rings. The van der Waals surface area contributed by atoms with E-state index in [1.807, 2.05) is 18.2 Å². The number of furan rings is 1. The van der Waals surface area contributed by atoms with Gasteiger partial charge in [0.15, 0.2) is 17.3 Å². The topological polar surface area (TPSA) is 60.7 Å². The van der Waals surface area contributed by atoms with Crippen molar-refractivity contribution in [3.63, 3.8) is 0 Å². The summed E-state index contributed by atoms with van der Waals surface area (Å²) in [7, 11) is 0. The molecule has 1 aliphatic heterocycles. The first kappa shape index (κ1) is 14.5. The molecule has 3 rings (SSSR count). The first-order valence-electron chi connectivity index (χ1n) is 7.45. The molecule has 0 aliphatic carbocycles. The number of carbonyl (C=O) groups excluding carboxylic acids is 1. The van der Waals surface area contributed by atoms with Gasteiger partial charge in [-0.05, 0) is 42.2 Å². The van der Waals surface area contributed by atoms with Crippen LogP contribution >= 0.6 is 0 Å². The van der Waals surface area contributed by atoms with Crippen molar-refractivity contribution < 1.29 is 18.7 Å². The molecule has 1 atom stereocenters. The summed E-state index contributed by atoms with van der Waals surface area (Å²) in [6.45, 7) is 3.91. The Morgan fingerprint density at radius 1 is 1.23 bits per heavy atom. The maximum atomic E-state index is 11.8. The van der Waals surface area contributed by atoms with Crippen LogP contribution in [0.15, 0.2) is 41.0 Å². The molecule has 0 saturated heterocycles. The van der Waals surface area contributed by atoms with E-state index in [1.54, 1.807) is 12.1 Å². The van der Waals surface area contributed by atoms with Crippen LogP contribution in [0.2, 0.25) is 0 Å². The Labute approximate surface area is 129 Å². The average Bonchev–Trinajstić information content (AvgIpc) is 3.08. The lowest BCUT2D eigenvalue weighted by Gasteiger charge is -2.20. The predicted octanol–water partition coefficient (Wildman–Crippen LogP) is 2.97. The second kappa shape index (κ2) is 6.56. The minimum absolute atomic E-state index is 0.181. The number of hydrogen-bond donors (Lipinski definition) is 1. The van der Waals surface area contributed by atoms with Crippen molar-refractivity contribution in [2.75, 3.05) is 19.8 Å². The lowest BCUT2D eigenvalue weighted by Crippen LogP contribution is -2.24. The number of amides is 1. The standard InChI is InChI=1S/C17H19NO4/c1-12(6-7-18-17(19)15-3-2-8-20-15)13-4-5-14-16(11-13)22-10-9-21-14/h2-5,8,11-12H,6-7,9-10H2,1H3,(H,18,19). The third-order valence-electron chi connectivity index (χ3n) is 3.74. The van der Waals surface area contributed by atoms with E-state index < -0.39 is 0 Å². The maximum absolute atomic E-state index is 11.8. The highest BCUT2D eigenvalue weighted by Crippen LogP contribution is 2.33. The van der Waals surface area contributed by atoms with E-state index in [9.17, 15) is 4.79 Å². The molecule has 116 valence electrons. The van der Waals surface area contributed by atoms with Gasteiger partial charge in [0, 0.05) is 6.54 Å². The molecule has 0 radical (unpaired) electrons. The number of benzene rings is 1. The summed E-state index contributed by atoms with van der Waals surface area (Å²) in [6.07, 6.45) is 2.33. The number of hydrogen-bond acceptors (Lipinski definition) is 4. The van der Waals surface area contributed by atoms with Crippen LogP contribution in [-0.4, -0.2) is 25.7 Å². The second-order valence-electron chi connectivity index (χ2n) is 5.33. The van der Waals surface area contributed by atoms with Crippen LogP contribution in [0.3, 0.4) is 0 Å². The average molecular weight is 301 g/mol. The van der Waals surface area contributed by atoms with Crippen LogP contribution < -0.4 is 14.8 Å². The largest absolute Gasteiger partial charge is 0.486 e. The van der Waals surface area contributed by atoms with Gasteiger partial charge < -0.3 is 19.2 Å². The summed E-state index contributed by atoms with van der Waals surface area (Å²) in [4.78, 5) is 11.8. The van der Waals surface area contributed by atoms with Gasteiger partial charge in [0.1, 0.15) is 13.2 Å². The monoisotopic (exact) mass is 301 g/mol. The van der Waals surface area contributed by atoms with Crippen molar-refractivity contribution in [3.05, 3.63) is 47.9 Å². The van der Waals surface area contributed by atoms with E-state index >= 15 is 0 Å². The zero-order valence-electron chi connectivity index (χ0n) is 12.5. The molecular weight excluding hydrogens is 282 g/mol. The summed E-state index contributed by atoms with van der Waals surface area (Å²) < 4.78 is 16.2. The Balaban J connectivity index is 1.53. The van der Waals surface area contributed by atoms with Crippen molar-refractivity contribution in [2.24, 2.45) is 0 Å². The van der Waals surface area contributed by atoms with Gasteiger partial charge in [-0.15, -0.1) is 0 Å². The zero-order valence-corrected chi connectivity index (χ0v) is 12.5. The van der Waals surface area contributed by atoms with Gasteiger partial charge >= 0.3 is 0 Å². The normalized spacial score (nSPS) is 14.4. The number of nitrogens with one attached hydrogen (secondary N) is 1. The van der Waals surface area contributed by atoms with Crippen molar-refractivity contribution >= 4 is 5.91 Å².